The van der Waals surface area contributed by atoms with Crippen LogP contribution < -0.4 is 0 Å². The van der Waals surface area contributed by atoms with E-state index in [-0.39, 0.29) is 0 Å². The Balaban J connectivity index is 2.34. The fourth-order valence-electron chi connectivity index (χ4n) is 1.10. The van der Waals surface area contributed by atoms with Gasteiger partial charge in [-0.3, -0.25) is 0 Å². The van der Waals surface area contributed by atoms with E-state index >= 15 is 0 Å². The molecule has 0 radical (unpaired) electrons. The van der Waals surface area contributed by atoms with Gasteiger partial charge < -0.3 is 9.63 Å². The zero-order chi connectivity index (χ0) is 9.97. The second kappa shape index (κ2) is 3.59. The molecule has 0 saturated carbocycles. The predicted molar refractivity (Wildman–Crippen MR) is 50.4 cm³/mol. The number of benzene rings is 1. The summed E-state index contributed by atoms with van der Waals surface area (Å²) in [6.45, 7) is 1.60. The van der Waals surface area contributed by atoms with Crippen LogP contribution in [0.5, 0.6) is 0 Å². The third kappa shape index (κ3) is 1.65. The number of rotatable bonds is 2. The number of aliphatic hydroxyl groups excluding tert-OH is 1. The summed E-state index contributed by atoms with van der Waals surface area (Å²) in [5.74, 6) is 0.741. The van der Waals surface area contributed by atoms with Crippen molar-refractivity contribution in [3.63, 3.8) is 0 Å². The van der Waals surface area contributed by atoms with Crippen LogP contribution in [0.4, 0.5) is 0 Å². The molecule has 2 rings (SSSR count). The van der Waals surface area contributed by atoms with E-state index in [1.165, 1.54) is 0 Å². The van der Waals surface area contributed by atoms with Gasteiger partial charge in [0.1, 0.15) is 6.10 Å². The van der Waals surface area contributed by atoms with Crippen molar-refractivity contribution < 1.29 is 9.63 Å². The van der Waals surface area contributed by atoms with Gasteiger partial charge in [-0.2, -0.15) is 4.98 Å². The van der Waals surface area contributed by atoms with E-state index in [0.29, 0.717) is 11.7 Å². The summed E-state index contributed by atoms with van der Waals surface area (Å²) in [6, 6.07) is 9.44. The van der Waals surface area contributed by atoms with Gasteiger partial charge in [0, 0.05) is 5.56 Å². The zero-order valence-electron chi connectivity index (χ0n) is 7.71. The molecule has 1 atom stereocenters. The van der Waals surface area contributed by atoms with Gasteiger partial charge in [0.25, 0.3) is 5.89 Å². The zero-order valence-corrected chi connectivity index (χ0v) is 7.71. The minimum absolute atomic E-state index is 0.309. The lowest BCUT2D eigenvalue weighted by molar-refractivity contribution is 0.184. The van der Waals surface area contributed by atoms with Gasteiger partial charge in [-0.25, -0.2) is 0 Å². The Labute approximate surface area is 81.2 Å². The fraction of sp³-hybridized carbons (Fsp3) is 0.200. The van der Waals surface area contributed by atoms with Gasteiger partial charge in [-0.05, 0) is 19.1 Å². The van der Waals surface area contributed by atoms with Crippen molar-refractivity contribution in [2.45, 2.75) is 13.0 Å². The van der Waals surface area contributed by atoms with E-state index in [2.05, 4.69) is 10.1 Å². The molecule has 0 aliphatic carbocycles. The molecule has 2 aromatic rings. The van der Waals surface area contributed by atoms with Crippen LogP contribution >= 0.6 is 0 Å². The average molecular weight is 190 g/mol. The molecule has 4 heteroatoms. The molecule has 1 aromatic heterocycles. The highest BCUT2D eigenvalue weighted by Gasteiger charge is 2.11. The van der Waals surface area contributed by atoms with Gasteiger partial charge >= 0.3 is 0 Å². The smallest absolute Gasteiger partial charge is 0.258 e. The largest absolute Gasteiger partial charge is 0.385 e. The quantitative estimate of drug-likeness (QED) is 0.784. The molecular weight excluding hydrogens is 180 g/mol. The number of hydrogen-bond donors (Lipinski definition) is 1. The summed E-state index contributed by atoms with van der Waals surface area (Å²) < 4.78 is 4.99. The van der Waals surface area contributed by atoms with Crippen molar-refractivity contribution in [3.8, 4) is 11.5 Å². The van der Waals surface area contributed by atoms with Crippen molar-refractivity contribution in [2.24, 2.45) is 0 Å². The van der Waals surface area contributed by atoms with Crippen LogP contribution in [0.25, 0.3) is 11.5 Å². The van der Waals surface area contributed by atoms with E-state index in [1.54, 1.807) is 6.92 Å². The summed E-state index contributed by atoms with van der Waals surface area (Å²) in [5, 5.41) is 12.9. The van der Waals surface area contributed by atoms with Crippen molar-refractivity contribution in [1.29, 1.82) is 0 Å². The topological polar surface area (TPSA) is 59.2 Å². The molecule has 0 spiro atoms. The van der Waals surface area contributed by atoms with Crippen molar-refractivity contribution >= 4 is 0 Å². The highest BCUT2D eigenvalue weighted by atomic mass is 16.5. The third-order valence-electron chi connectivity index (χ3n) is 1.84. The molecule has 1 N–H and O–H groups in total. The maximum Gasteiger partial charge on any atom is 0.258 e. The lowest BCUT2D eigenvalue weighted by atomic mass is 10.2. The summed E-state index contributed by atoms with van der Waals surface area (Å²) in [5.41, 5.74) is 0.854. The Bertz CT molecular complexity index is 409. The molecule has 0 amide bonds. The van der Waals surface area contributed by atoms with Crippen molar-refractivity contribution in [1.82, 2.24) is 10.1 Å². The molecule has 1 unspecified atom stereocenters. The first-order chi connectivity index (χ1) is 6.77. The van der Waals surface area contributed by atoms with Crippen LogP contribution in [-0.2, 0) is 0 Å². The first-order valence-corrected chi connectivity index (χ1v) is 4.34. The summed E-state index contributed by atoms with van der Waals surface area (Å²) in [4.78, 5) is 4.05. The molecule has 72 valence electrons. The average Bonchev–Trinajstić information content (AvgIpc) is 2.68. The molecule has 0 aliphatic rings. The van der Waals surface area contributed by atoms with Gasteiger partial charge in [-0.15, -0.1) is 0 Å². The number of aromatic nitrogens is 2. The molecule has 4 nitrogen and oxygen atoms in total. The highest BCUT2D eigenvalue weighted by Crippen LogP contribution is 2.18. The molecule has 1 aromatic carbocycles. The Kier molecular flexibility index (Phi) is 2.28. The van der Waals surface area contributed by atoms with E-state index < -0.39 is 6.10 Å². The van der Waals surface area contributed by atoms with E-state index in [1.807, 2.05) is 30.3 Å². The summed E-state index contributed by atoms with van der Waals surface area (Å²) in [6.07, 6.45) is -0.698. The molecule has 0 aliphatic heterocycles. The van der Waals surface area contributed by atoms with Gasteiger partial charge in [0.2, 0.25) is 0 Å². The van der Waals surface area contributed by atoms with Crippen molar-refractivity contribution in [2.75, 3.05) is 0 Å². The van der Waals surface area contributed by atoms with Crippen LogP contribution in [0.15, 0.2) is 34.9 Å². The van der Waals surface area contributed by atoms with Crippen molar-refractivity contribution in [3.05, 3.63) is 36.2 Å². The Morgan fingerprint density at radius 2 is 2.00 bits per heavy atom. The standard InChI is InChI=1S/C10H10N2O2/c1-7(13)9-11-10(14-12-9)8-5-3-2-4-6-8/h2-7,13H,1H3. The van der Waals surface area contributed by atoms with E-state index in [0.717, 1.165) is 5.56 Å². The van der Waals surface area contributed by atoms with Gasteiger partial charge in [-0.1, -0.05) is 23.4 Å². The Morgan fingerprint density at radius 1 is 1.29 bits per heavy atom. The molecule has 0 saturated heterocycles. The lowest BCUT2D eigenvalue weighted by Crippen LogP contribution is -1.92. The summed E-state index contributed by atoms with van der Waals surface area (Å²) in [7, 11) is 0. The minimum Gasteiger partial charge on any atom is -0.385 e. The Hall–Kier alpha value is -1.68. The number of hydrogen-bond acceptors (Lipinski definition) is 4. The number of aliphatic hydroxyl groups is 1. The van der Waals surface area contributed by atoms with E-state index in [4.69, 9.17) is 4.52 Å². The van der Waals surface area contributed by atoms with Gasteiger partial charge in [0.05, 0.1) is 0 Å². The molecule has 1 heterocycles. The lowest BCUT2D eigenvalue weighted by Gasteiger charge is -1.92. The van der Waals surface area contributed by atoms with Crippen LogP contribution in [0.1, 0.15) is 18.9 Å². The van der Waals surface area contributed by atoms with Gasteiger partial charge in [0.15, 0.2) is 5.82 Å². The van der Waals surface area contributed by atoms with Crippen LogP contribution in [0, 0.1) is 0 Å². The highest BCUT2D eigenvalue weighted by molar-refractivity contribution is 5.51. The molecule has 0 bridgehead atoms. The third-order valence-corrected chi connectivity index (χ3v) is 1.84. The Morgan fingerprint density at radius 3 is 2.57 bits per heavy atom. The first-order valence-electron chi connectivity index (χ1n) is 4.34. The maximum absolute atomic E-state index is 9.20. The van der Waals surface area contributed by atoms with Crippen LogP contribution in [0.3, 0.4) is 0 Å². The monoisotopic (exact) mass is 190 g/mol. The summed E-state index contributed by atoms with van der Waals surface area (Å²) >= 11 is 0. The second-order valence-corrected chi connectivity index (χ2v) is 3.00. The molecular formula is C10H10N2O2. The van der Waals surface area contributed by atoms with Crippen LogP contribution in [0.2, 0.25) is 0 Å². The maximum atomic E-state index is 9.20. The van der Waals surface area contributed by atoms with E-state index in [9.17, 15) is 5.11 Å². The fourth-order valence-corrected chi connectivity index (χ4v) is 1.10. The molecule has 14 heavy (non-hydrogen) atoms. The molecule has 0 fully saturated rings. The second-order valence-electron chi connectivity index (χ2n) is 3.00. The minimum atomic E-state index is -0.698. The predicted octanol–water partition coefficient (Wildman–Crippen LogP) is 1.79. The SMILES string of the molecule is CC(O)c1noc(-c2ccccc2)n1. The first kappa shape index (κ1) is 8.90. The number of nitrogens with zero attached hydrogens (tertiary/aromatic N) is 2. The normalized spacial score (nSPS) is 12.7. The van der Waals surface area contributed by atoms with Crippen LogP contribution in [-0.4, -0.2) is 15.2 Å².